The molecule has 2 rings (SSSR count). The molecule has 21 heavy (non-hydrogen) atoms. The molecule has 0 atom stereocenters. The summed E-state index contributed by atoms with van der Waals surface area (Å²) in [5.74, 6) is 0.396. The molecule has 2 N–H and O–H groups in total. The van der Waals surface area contributed by atoms with Crippen LogP contribution in [0.15, 0.2) is 18.2 Å². The number of hydrogen-bond acceptors (Lipinski definition) is 6. The van der Waals surface area contributed by atoms with Crippen LogP contribution in [0.5, 0.6) is 6.01 Å². The van der Waals surface area contributed by atoms with Gasteiger partial charge in [-0.15, -0.1) is 0 Å². The molecule has 0 aliphatic carbocycles. The average Bonchev–Trinajstić information content (AvgIpc) is 2.43. The second kappa shape index (κ2) is 6.83. The van der Waals surface area contributed by atoms with Gasteiger partial charge >= 0.3 is 6.01 Å². The van der Waals surface area contributed by atoms with Gasteiger partial charge < -0.3 is 15.4 Å². The third kappa shape index (κ3) is 4.27. The van der Waals surface area contributed by atoms with Crippen LogP contribution in [0.1, 0.15) is 18.9 Å². The van der Waals surface area contributed by atoms with Gasteiger partial charge in [-0.05, 0) is 37.1 Å². The SMILES string of the molecule is CCCNc1nc(Nc2cc(C)cc(F)c2)nc(OC)n1. The van der Waals surface area contributed by atoms with Gasteiger partial charge in [0.15, 0.2) is 0 Å². The fraction of sp³-hybridized carbons (Fsp3) is 0.357. The number of aromatic nitrogens is 3. The Bertz CT molecular complexity index is 600. The van der Waals surface area contributed by atoms with Gasteiger partial charge in [0.25, 0.3) is 0 Å². The summed E-state index contributed by atoms with van der Waals surface area (Å²) >= 11 is 0. The van der Waals surface area contributed by atoms with E-state index in [9.17, 15) is 4.39 Å². The Morgan fingerprint density at radius 3 is 2.57 bits per heavy atom. The van der Waals surface area contributed by atoms with Crippen molar-refractivity contribution in [2.75, 3.05) is 24.3 Å². The average molecular weight is 291 g/mol. The van der Waals surface area contributed by atoms with Crippen LogP contribution in [-0.4, -0.2) is 28.6 Å². The van der Waals surface area contributed by atoms with Crippen molar-refractivity contribution in [2.45, 2.75) is 20.3 Å². The number of rotatable bonds is 6. The number of nitrogens with zero attached hydrogens (tertiary/aromatic N) is 3. The standard InChI is InChI=1S/C14H18FN5O/c1-4-5-16-12-18-13(20-14(19-12)21-3)17-11-7-9(2)6-10(15)8-11/h6-8H,4-5H2,1-3H3,(H2,16,17,18,19,20). The fourth-order valence-electron chi connectivity index (χ4n) is 1.76. The lowest BCUT2D eigenvalue weighted by atomic mass is 10.2. The summed E-state index contributed by atoms with van der Waals surface area (Å²) < 4.78 is 18.4. The molecule has 0 aliphatic heterocycles. The quantitative estimate of drug-likeness (QED) is 0.852. The number of methoxy groups -OCH3 is 1. The van der Waals surface area contributed by atoms with Gasteiger partial charge in [-0.25, -0.2) is 4.39 Å². The fourth-order valence-corrected chi connectivity index (χ4v) is 1.76. The highest BCUT2D eigenvalue weighted by Crippen LogP contribution is 2.19. The van der Waals surface area contributed by atoms with Gasteiger partial charge in [0.1, 0.15) is 5.82 Å². The van der Waals surface area contributed by atoms with E-state index in [1.807, 2.05) is 13.8 Å². The molecule has 0 amide bonds. The highest BCUT2D eigenvalue weighted by molar-refractivity contribution is 5.55. The maximum absolute atomic E-state index is 13.4. The molecule has 0 aliphatic rings. The van der Waals surface area contributed by atoms with E-state index in [-0.39, 0.29) is 11.8 Å². The third-order valence-corrected chi connectivity index (χ3v) is 2.63. The minimum Gasteiger partial charge on any atom is -0.467 e. The van der Waals surface area contributed by atoms with Crippen LogP contribution in [0.2, 0.25) is 0 Å². The summed E-state index contributed by atoms with van der Waals surface area (Å²) in [6.45, 7) is 4.60. The van der Waals surface area contributed by atoms with Gasteiger partial charge in [0.05, 0.1) is 7.11 Å². The minimum atomic E-state index is -0.317. The first kappa shape index (κ1) is 15.0. The monoisotopic (exact) mass is 291 g/mol. The highest BCUT2D eigenvalue weighted by atomic mass is 19.1. The molecule has 1 heterocycles. The summed E-state index contributed by atoms with van der Waals surface area (Å²) in [7, 11) is 1.48. The molecule has 6 nitrogen and oxygen atoms in total. The predicted octanol–water partition coefficient (Wildman–Crippen LogP) is 2.89. The topological polar surface area (TPSA) is 72.0 Å². The molecule has 7 heteroatoms. The molecule has 112 valence electrons. The van der Waals surface area contributed by atoms with E-state index in [0.29, 0.717) is 17.6 Å². The summed E-state index contributed by atoms with van der Waals surface area (Å²) in [6, 6.07) is 4.83. The highest BCUT2D eigenvalue weighted by Gasteiger charge is 2.07. The molecule has 0 unspecified atom stereocenters. The van der Waals surface area contributed by atoms with Crippen molar-refractivity contribution in [1.82, 2.24) is 15.0 Å². The summed E-state index contributed by atoms with van der Waals surface area (Å²) in [6.07, 6.45) is 0.944. The summed E-state index contributed by atoms with van der Waals surface area (Å²) in [5.41, 5.74) is 1.38. The first-order valence-electron chi connectivity index (χ1n) is 6.69. The Labute approximate surface area is 122 Å². The Morgan fingerprint density at radius 1 is 1.14 bits per heavy atom. The van der Waals surface area contributed by atoms with Crippen molar-refractivity contribution >= 4 is 17.6 Å². The van der Waals surface area contributed by atoms with Crippen LogP contribution >= 0.6 is 0 Å². The van der Waals surface area contributed by atoms with Crippen molar-refractivity contribution in [3.05, 3.63) is 29.6 Å². The lowest BCUT2D eigenvalue weighted by molar-refractivity contribution is 0.379. The number of aryl methyl sites for hydroxylation is 1. The molecule has 0 spiro atoms. The molecule has 1 aromatic heterocycles. The second-order valence-electron chi connectivity index (χ2n) is 4.54. The maximum Gasteiger partial charge on any atom is 0.322 e. The summed E-state index contributed by atoms with van der Waals surface area (Å²) in [4.78, 5) is 12.4. The van der Waals surface area contributed by atoms with Crippen LogP contribution in [0.25, 0.3) is 0 Å². The van der Waals surface area contributed by atoms with Crippen LogP contribution in [0.3, 0.4) is 0 Å². The Balaban J connectivity index is 2.25. The Morgan fingerprint density at radius 2 is 1.90 bits per heavy atom. The molecular formula is C14H18FN5O. The number of anilines is 3. The number of hydrogen-bond donors (Lipinski definition) is 2. The van der Waals surface area contributed by atoms with E-state index in [2.05, 4.69) is 25.6 Å². The van der Waals surface area contributed by atoms with Crippen LogP contribution in [0.4, 0.5) is 22.0 Å². The molecule has 1 aromatic carbocycles. The maximum atomic E-state index is 13.4. The zero-order valence-corrected chi connectivity index (χ0v) is 12.3. The van der Waals surface area contributed by atoms with E-state index < -0.39 is 0 Å². The van der Waals surface area contributed by atoms with Crippen LogP contribution in [-0.2, 0) is 0 Å². The number of benzene rings is 1. The first-order chi connectivity index (χ1) is 10.1. The van der Waals surface area contributed by atoms with Crippen molar-refractivity contribution in [1.29, 1.82) is 0 Å². The van der Waals surface area contributed by atoms with Crippen LogP contribution < -0.4 is 15.4 Å². The molecular weight excluding hydrogens is 273 g/mol. The van der Waals surface area contributed by atoms with Crippen molar-refractivity contribution in [2.24, 2.45) is 0 Å². The zero-order valence-electron chi connectivity index (χ0n) is 12.3. The van der Waals surface area contributed by atoms with E-state index >= 15 is 0 Å². The van der Waals surface area contributed by atoms with Crippen molar-refractivity contribution in [3.63, 3.8) is 0 Å². The zero-order chi connectivity index (χ0) is 15.2. The molecule has 0 saturated carbocycles. The van der Waals surface area contributed by atoms with Crippen molar-refractivity contribution < 1.29 is 9.13 Å². The van der Waals surface area contributed by atoms with Crippen molar-refractivity contribution in [3.8, 4) is 6.01 Å². The van der Waals surface area contributed by atoms with Gasteiger partial charge in [-0.3, -0.25) is 0 Å². The second-order valence-corrected chi connectivity index (χ2v) is 4.54. The van der Waals surface area contributed by atoms with E-state index in [0.717, 1.165) is 18.5 Å². The minimum absolute atomic E-state index is 0.194. The normalized spacial score (nSPS) is 10.3. The molecule has 0 fully saturated rings. The van der Waals surface area contributed by atoms with Crippen LogP contribution in [0, 0.1) is 12.7 Å². The molecule has 0 saturated heterocycles. The molecule has 0 radical (unpaired) electrons. The predicted molar refractivity (Wildman–Crippen MR) is 79.6 cm³/mol. The largest absolute Gasteiger partial charge is 0.467 e. The molecule has 0 bridgehead atoms. The summed E-state index contributed by atoms with van der Waals surface area (Å²) in [5, 5.41) is 6.02. The van der Waals surface area contributed by atoms with Gasteiger partial charge in [-0.1, -0.05) is 6.92 Å². The number of halogens is 1. The Kier molecular flexibility index (Phi) is 4.86. The van der Waals surface area contributed by atoms with Gasteiger partial charge in [-0.2, -0.15) is 15.0 Å². The van der Waals surface area contributed by atoms with E-state index in [1.54, 1.807) is 6.07 Å². The van der Waals surface area contributed by atoms with Gasteiger partial charge in [0.2, 0.25) is 11.9 Å². The van der Waals surface area contributed by atoms with Gasteiger partial charge in [0, 0.05) is 12.2 Å². The van der Waals surface area contributed by atoms with E-state index in [1.165, 1.54) is 19.2 Å². The Hall–Kier alpha value is -2.44. The first-order valence-corrected chi connectivity index (χ1v) is 6.69. The number of ether oxygens (including phenoxy) is 1. The third-order valence-electron chi connectivity index (χ3n) is 2.63. The lowest BCUT2D eigenvalue weighted by Crippen LogP contribution is -2.09. The van der Waals surface area contributed by atoms with E-state index in [4.69, 9.17) is 4.74 Å². The lowest BCUT2D eigenvalue weighted by Gasteiger charge is -2.09. The smallest absolute Gasteiger partial charge is 0.322 e. The molecule has 2 aromatic rings. The number of nitrogens with one attached hydrogen (secondary N) is 2.